The Morgan fingerprint density at radius 1 is 1.31 bits per heavy atom. The van der Waals surface area contributed by atoms with Crippen LogP contribution in [0.15, 0.2) is 0 Å². The number of aliphatic hydroxyl groups is 3. The Kier molecular flexibility index (Phi) is 6.82. The van der Waals surface area contributed by atoms with Gasteiger partial charge < -0.3 is 20.2 Å². The van der Waals surface area contributed by atoms with Gasteiger partial charge in [0.15, 0.2) is 0 Å². The van der Waals surface area contributed by atoms with Crippen LogP contribution in [0.5, 0.6) is 0 Å². The summed E-state index contributed by atoms with van der Waals surface area (Å²) in [6, 6.07) is 0. The first kappa shape index (κ1) is 13.3. The lowest BCUT2D eigenvalue weighted by atomic mass is 10.2. The highest BCUT2D eigenvalue weighted by atomic mass is 31.0. The molecule has 0 saturated carbocycles. The van der Waals surface area contributed by atoms with Crippen molar-refractivity contribution in [2.24, 2.45) is 0 Å². The van der Waals surface area contributed by atoms with Crippen molar-refractivity contribution in [3.05, 3.63) is 0 Å². The van der Waals surface area contributed by atoms with Crippen molar-refractivity contribution in [1.29, 1.82) is 0 Å². The summed E-state index contributed by atoms with van der Waals surface area (Å²) >= 11 is 0. The SMILES string of the molecule is CC(P)C(O)CN(C)CC(O)CO. The van der Waals surface area contributed by atoms with E-state index in [0.717, 1.165) is 0 Å². The number of likely N-dealkylation sites (N-methyl/N-ethyl adjacent to an activating group) is 1. The molecule has 0 amide bonds. The molecule has 3 N–H and O–H groups in total. The van der Waals surface area contributed by atoms with Crippen LogP contribution in [0.1, 0.15) is 6.92 Å². The zero-order valence-corrected chi connectivity index (χ0v) is 9.37. The number of nitrogens with zero attached hydrogens (tertiary/aromatic N) is 1. The Morgan fingerprint density at radius 3 is 2.23 bits per heavy atom. The number of hydrogen-bond donors (Lipinski definition) is 3. The number of aliphatic hydroxyl groups excluding tert-OH is 3. The van der Waals surface area contributed by atoms with E-state index in [1.54, 1.807) is 11.9 Å². The van der Waals surface area contributed by atoms with E-state index in [1.165, 1.54) is 0 Å². The monoisotopic (exact) mass is 209 g/mol. The highest BCUT2D eigenvalue weighted by Gasteiger charge is 2.14. The molecule has 80 valence electrons. The minimum Gasteiger partial charge on any atom is -0.394 e. The van der Waals surface area contributed by atoms with Gasteiger partial charge in [0.1, 0.15) is 0 Å². The van der Waals surface area contributed by atoms with E-state index in [9.17, 15) is 5.11 Å². The van der Waals surface area contributed by atoms with Crippen LogP contribution in [0.4, 0.5) is 0 Å². The molecule has 0 saturated heterocycles. The Balaban J connectivity index is 3.67. The van der Waals surface area contributed by atoms with Gasteiger partial charge in [-0.3, -0.25) is 0 Å². The molecule has 4 atom stereocenters. The first-order chi connectivity index (χ1) is 5.97. The van der Waals surface area contributed by atoms with Crippen LogP contribution >= 0.6 is 9.24 Å². The molecule has 0 aliphatic carbocycles. The summed E-state index contributed by atoms with van der Waals surface area (Å²) in [4.78, 5) is 1.80. The molecule has 0 aromatic heterocycles. The fourth-order valence-corrected chi connectivity index (χ4v) is 1.10. The molecule has 4 nitrogen and oxygen atoms in total. The molecule has 0 spiro atoms. The van der Waals surface area contributed by atoms with Crippen molar-refractivity contribution in [2.75, 3.05) is 26.7 Å². The van der Waals surface area contributed by atoms with Gasteiger partial charge in [0.25, 0.3) is 0 Å². The first-order valence-electron chi connectivity index (χ1n) is 4.38. The summed E-state index contributed by atoms with van der Waals surface area (Å²) < 4.78 is 0. The van der Waals surface area contributed by atoms with E-state index >= 15 is 0 Å². The van der Waals surface area contributed by atoms with E-state index < -0.39 is 12.2 Å². The summed E-state index contributed by atoms with van der Waals surface area (Å²) in [6.07, 6.45) is -1.14. The molecule has 0 heterocycles. The van der Waals surface area contributed by atoms with Crippen LogP contribution < -0.4 is 0 Å². The third-order valence-corrected chi connectivity index (χ3v) is 2.28. The van der Waals surface area contributed by atoms with Gasteiger partial charge in [0, 0.05) is 13.1 Å². The third kappa shape index (κ3) is 6.36. The standard InChI is InChI=1S/C8H20NO3P/c1-6(13)8(12)4-9(2)3-7(11)5-10/h6-8,10-12H,3-5,13H2,1-2H3. The maximum absolute atomic E-state index is 9.48. The van der Waals surface area contributed by atoms with Gasteiger partial charge in [0.05, 0.1) is 18.8 Å². The van der Waals surface area contributed by atoms with Crippen LogP contribution in [0.3, 0.4) is 0 Å². The smallest absolute Gasteiger partial charge is 0.0897 e. The summed E-state index contributed by atoms with van der Waals surface area (Å²) in [5, 5.41) is 27.2. The summed E-state index contributed by atoms with van der Waals surface area (Å²) in [7, 11) is 4.33. The van der Waals surface area contributed by atoms with Crippen LogP contribution in [0, 0.1) is 0 Å². The molecule has 0 bridgehead atoms. The Bertz CT molecular complexity index is 135. The molecule has 0 rings (SSSR count). The van der Waals surface area contributed by atoms with Gasteiger partial charge in [-0.25, -0.2) is 0 Å². The fourth-order valence-electron chi connectivity index (χ4n) is 0.978. The summed E-state index contributed by atoms with van der Waals surface area (Å²) in [6.45, 7) is 2.55. The van der Waals surface area contributed by atoms with Crippen molar-refractivity contribution >= 4 is 9.24 Å². The van der Waals surface area contributed by atoms with Gasteiger partial charge in [0.2, 0.25) is 0 Å². The molecule has 4 unspecified atom stereocenters. The minimum atomic E-state index is -0.725. The highest BCUT2D eigenvalue weighted by molar-refractivity contribution is 7.17. The van der Waals surface area contributed by atoms with Crippen LogP contribution in [0.25, 0.3) is 0 Å². The predicted octanol–water partition coefficient (Wildman–Crippen LogP) is -1.10. The zero-order chi connectivity index (χ0) is 10.4. The fraction of sp³-hybridized carbons (Fsp3) is 1.00. The Morgan fingerprint density at radius 2 is 1.85 bits per heavy atom. The molecule has 0 radical (unpaired) electrons. The quantitative estimate of drug-likeness (QED) is 0.486. The van der Waals surface area contributed by atoms with Gasteiger partial charge in [-0.15, -0.1) is 9.24 Å². The second-order valence-corrected chi connectivity index (χ2v) is 4.54. The molecule has 0 aromatic rings. The summed E-state index contributed by atoms with van der Waals surface area (Å²) in [5.74, 6) is 0. The maximum Gasteiger partial charge on any atom is 0.0897 e. The van der Waals surface area contributed by atoms with Crippen molar-refractivity contribution in [2.45, 2.75) is 24.8 Å². The topological polar surface area (TPSA) is 63.9 Å². The molecule has 13 heavy (non-hydrogen) atoms. The molecule has 5 heteroatoms. The predicted molar refractivity (Wildman–Crippen MR) is 55.8 cm³/mol. The lowest BCUT2D eigenvalue weighted by molar-refractivity contribution is 0.0495. The molecular formula is C8H20NO3P. The molecule has 0 aromatic carbocycles. The Hall–Kier alpha value is 0.270. The van der Waals surface area contributed by atoms with Gasteiger partial charge in [-0.2, -0.15) is 0 Å². The largest absolute Gasteiger partial charge is 0.394 e. The van der Waals surface area contributed by atoms with Gasteiger partial charge >= 0.3 is 0 Å². The van der Waals surface area contributed by atoms with E-state index in [4.69, 9.17) is 10.2 Å². The van der Waals surface area contributed by atoms with Crippen molar-refractivity contribution in [1.82, 2.24) is 4.90 Å². The van der Waals surface area contributed by atoms with Crippen molar-refractivity contribution in [3.63, 3.8) is 0 Å². The molecule has 0 fully saturated rings. The molecule has 0 aliphatic rings. The van der Waals surface area contributed by atoms with E-state index in [2.05, 4.69) is 9.24 Å². The number of rotatable bonds is 6. The van der Waals surface area contributed by atoms with E-state index in [0.29, 0.717) is 13.1 Å². The van der Waals surface area contributed by atoms with Crippen LogP contribution in [-0.2, 0) is 0 Å². The van der Waals surface area contributed by atoms with Crippen molar-refractivity contribution < 1.29 is 15.3 Å². The molecular weight excluding hydrogens is 189 g/mol. The summed E-state index contributed by atoms with van der Waals surface area (Å²) in [5.41, 5.74) is 0.133. The highest BCUT2D eigenvalue weighted by Crippen LogP contribution is 2.05. The lowest BCUT2D eigenvalue weighted by Crippen LogP contribution is -2.38. The Labute approximate surface area is 81.8 Å². The zero-order valence-electron chi connectivity index (χ0n) is 8.22. The normalized spacial score (nSPS) is 18.7. The van der Waals surface area contributed by atoms with E-state index in [-0.39, 0.29) is 12.3 Å². The van der Waals surface area contributed by atoms with Crippen LogP contribution in [-0.4, -0.2) is 64.8 Å². The second-order valence-electron chi connectivity index (χ2n) is 3.48. The lowest BCUT2D eigenvalue weighted by Gasteiger charge is -2.24. The second kappa shape index (κ2) is 6.68. The van der Waals surface area contributed by atoms with Gasteiger partial charge in [-0.1, -0.05) is 6.92 Å². The number of hydrogen-bond acceptors (Lipinski definition) is 4. The maximum atomic E-state index is 9.48. The average molecular weight is 209 g/mol. The third-order valence-electron chi connectivity index (χ3n) is 1.84. The van der Waals surface area contributed by atoms with E-state index in [1.807, 2.05) is 6.92 Å². The molecule has 0 aliphatic heterocycles. The van der Waals surface area contributed by atoms with Crippen LogP contribution in [0.2, 0.25) is 0 Å². The average Bonchev–Trinajstić information content (AvgIpc) is 2.03. The first-order valence-corrected chi connectivity index (χ1v) is 5.05. The van der Waals surface area contributed by atoms with Crippen molar-refractivity contribution in [3.8, 4) is 0 Å². The minimum absolute atomic E-state index is 0.133. The van der Waals surface area contributed by atoms with Gasteiger partial charge in [-0.05, 0) is 12.7 Å².